The Hall–Kier alpha value is -1.39. The summed E-state index contributed by atoms with van der Waals surface area (Å²) in [6.45, 7) is 4.52. The third-order valence-corrected chi connectivity index (χ3v) is 4.00. The van der Waals surface area contributed by atoms with Crippen molar-refractivity contribution in [2.45, 2.75) is 19.4 Å². The van der Waals surface area contributed by atoms with Crippen LogP contribution in [-0.4, -0.2) is 41.0 Å². The Kier molecular flexibility index (Phi) is 3.80. The monoisotopic (exact) mass is 258 g/mol. The smallest absolute Gasteiger partial charge is 0.137 e. The molecule has 0 unspecified atom stereocenters. The summed E-state index contributed by atoms with van der Waals surface area (Å²) in [7, 11) is 2.04. The van der Waals surface area contributed by atoms with Crippen molar-refractivity contribution < 1.29 is 0 Å². The van der Waals surface area contributed by atoms with E-state index in [0.29, 0.717) is 0 Å². The van der Waals surface area contributed by atoms with Crippen LogP contribution < -0.4 is 5.32 Å². The van der Waals surface area contributed by atoms with Crippen molar-refractivity contribution in [1.82, 2.24) is 19.6 Å². The number of pyridine rings is 1. The number of fused-ring (bicyclic) bond motifs is 1. The molecule has 0 bridgehead atoms. The third kappa shape index (κ3) is 2.96. The molecule has 0 saturated carbocycles. The zero-order valence-corrected chi connectivity index (χ0v) is 11.5. The lowest BCUT2D eigenvalue weighted by atomic mass is 9.97. The van der Waals surface area contributed by atoms with E-state index in [9.17, 15) is 0 Å². The van der Waals surface area contributed by atoms with Gasteiger partial charge in [-0.3, -0.25) is 4.90 Å². The number of rotatable bonds is 4. The molecule has 1 aliphatic heterocycles. The van der Waals surface area contributed by atoms with Crippen molar-refractivity contribution in [3.63, 3.8) is 0 Å². The summed E-state index contributed by atoms with van der Waals surface area (Å²) in [4.78, 5) is 7.19. The van der Waals surface area contributed by atoms with Gasteiger partial charge in [0.1, 0.15) is 5.65 Å². The molecule has 4 nitrogen and oxygen atoms in total. The lowest BCUT2D eigenvalue weighted by molar-refractivity contribution is 0.175. The minimum atomic E-state index is 0.849. The highest BCUT2D eigenvalue weighted by Gasteiger charge is 2.19. The van der Waals surface area contributed by atoms with E-state index >= 15 is 0 Å². The van der Waals surface area contributed by atoms with E-state index in [1.165, 1.54) is 31.6 Å². The molecule has 0 aromatic carbocycles. The predicted octanol–water partition coefficient (Wildman–Crippen LogP) is 1.77. The molecule has 0 spiro atoms. The van der Waals surface area contributed by atoms with Crippen molar-refractivity contribution in [2.24, 2.45) is 5.92 Å². The van der Waals surface area contributed by atoms with Gasteiger partial charge in [-0.15, -0.1) is 0 Å². The fourth-order valence-electron chi connectivity index (χ4n) is 2.93. The van der Waals surface area contributed by atoms with E-state index in [1.807, 2.05) is 19.2 Å². The molecule has 1 N–H and O–H groups in total. The van der Waals surface area contributed by atoms with E-state index in [1.54, 1.807) is 0 Å². The topological polar surface area (TPSA) is 32.6 Å². The normalized spacial score (nSPS) is 18.2. The highest BCUT2D eigenvalue weighted by molar-refractivity contribution is 5.39. The second-order valence-corrected chi connectivity index (χ2v) is 5.48. The van der Waals surface area contributed by atoms with Crippen LogP contribution in [0.3, 0.4) is 0 Å². The number of imidazole rings is 1. The van der Waals surface area contributed by atoms with Gasteiger partial charge in [0, 0.05) is 18.9 Å². The van der Waals surface area contributed by atoms with Crippen molar-refractivity contribution >= 4 is 5.65 Å². The number of piperidine rings is 1. The molecule has 3 heterocycles. The predicted molar refractivity (Wildman–Crippen MR) is 77.1 cm³/mol. The molecular weight excluding hydrogens is 236 g/mol. The number of hydrogen-bond acceptors (Lipinski definition) is 3. The average Bonchev–Trinajstić information content (AvgIpc) is 2.83. The molecule has 102 valence electrons. The maximum atomic E-state index is 4.67. The van der Waals surface area contributed by atoms with Crippen LogP contribution in [0.15, 0.2) is 30.6 Å². The summed E-state index contributed by atoms with van der Waals surface area (Å²) in [5.41, 5.74) is 2.22. The van der Waals surface area contributed by atoms with Gasteiger partial charge in [0.2, 0.25) is 0 Å². The molecule has 2 aromatic rings. The standard InChI is InChI=1S/C15H22N4/c1-16-10-13-5-8-18(9-6-13)11-14-12-19-7-3-2-4-15(19)17-14/h2-4,7,12-13,16H,5-6,8-11H2,1H3. The number of nitrogens with one attached hydrogen (secondary N) is 1. The second kappa shape index (κ2) is 5.72. The highest BCUT2D eigenvalue weighted by atomic mass is 15.1. The zero-order valence-electron chi connectivity index (χ0n) is 11.5. The van der Waals surface area contributed by atoms with Crippen molar-refractivity contribution in [2.75, 3.05) is 26.7 Å². The molecule has 19 heavy (non-hydrogen) atoms. The van der Waals surface area contributed by atoms with Crippen LogP contribution in [0.4, 0.5) is 0 Å². The van der Waals surface area contributed by atoms with Gasteiger partial charge in [0.15, 0.2) is 0 Å². The molecule has 0 radical (unpaired) electrons. The Labute approximate surface area is 114 Å². The summed E-state index contributed by atoms with van der Waals surface area (Å²) in [5.74, 6) is 0.849. The molecule has 0 atom stereocenters. The zero-order chi connectivity index (χ0) is 13.1. The highest BCUT2D eigenvalue weighted by Crippen LogP contribution is 2.18. The van der Waals surface area contributed by atoms with Gasteiger partial charge in [-0.1, -0.05) is 6.07 Å². The number of hydrogen-bond donors (Lipinski definition) is 1. The van der Waals surface area contributed by atoms with E-state index in [4.69, 9.17) is 0 Å². The molecule has 4 heteroatoms. The first-order chi connectivity index (χ1) is 9.35. The van der Waals surface area contributed by atoms with Crippen molar-refractivity contribution in [3.8, 4) is 0 Å². The summed E-state index contributed by atoms with van der Waals surface area (Å²) in [6.07, 6.45) is 6.81. The van der Waals surface area contributed by atoms with Gasteiger partial charge >= 0.3 is 0 Å². The van der Waals surface area contributed by atoms with Gasteiger partial charge in [0.25, 0.3) is 0 Å². The van der Waals surface area contributed by atoms with Crippen LogP contribution >= 0.6 is 0 Å². The van der Waals surface area contributed by atoms with E-state index < -0.39 is 0 Å². The quantitative estimate of drug-likeness (QED) is 0.907. The van der Waals surface area contributed by atoms with Crippen molar-refractivity contribution in [3.05, 3.63) is 36.3 Å². The molecule has 3 rings (SSSR count). The first kappa shape index (κ1) is 12.6. The van der Waals surface area contributed by atoms with Crippen LogP contribution in [0.25, 0.3) is 5.65 Å². The van der Waals surface area contributed by atoms with Crippen LogP contribution in [-0.2, 0) is 6.54 Å². The first-order valence-electron chi connectivity index (χ1n) is 7.15. The first-order valence-corrected chi connectivity index (χ1v) is 7.15. The summed E-state index contributed by atoms with van der Waals surface area (Å²) in [5, 5.41) is 3.29. The van der Waals surface area contributed by atoms with E-state index in [2.05, 4.69) is 38.1 Å². The number of aromatic nitrogens is 2. The summed E-state index contributed by atoms with van der Waals surface area (Å²) < 4.78 is 2.10. The Morgan fingerprint density at radius 1 is 1.32 bits per heavy atom. The Morgan fingerprint density at radius 2 is 2.16 bits per heavy atom. The fraction of sp³-hybridized carbons (Fsp3) is 0.533. The van der Waals surface area contributed by atoms with Gasteiger partial charge in [0.05, 0.1) is 5.69 Å². The van der Waals surface area contributed by atoms with Crippen LogP contribution in [0.5, 0.6) is 0 Å². The lowest BCUT2D eigenvalue weighted by Crippen LogP contribution is -2.36. The van der Waals surface area contributed by atoms with E-state index in [-0.39, 0.29) is 0 Å². The summed E-state index contributed by atoms with van der Waals surface area (Å²) >= 11 is 0. The fourth-order valence-corrected chi connectivity index (χ4v) is 2.93. The molecule has 1 saturated heterocycles. The molecule has 2 aromatic heterocycles. The molecular formula is C15H22N4. The van der Waals surface area contributed by atoms with Gasteiger partial charge < -0.3 is 9.72 Å². The van der Waals surface area contributed by atoms with Gasteiger partial charge in [-0.25, -0.2) is 4.98 Å². The Bertz CT molecular complexity index is 493. The Morgan fingerprint density at radius 3 is 2.89 bits per heavy atom. The maximum absolute atomic E-state index is 4.67. The molecule has 1 fully saturated rings. The SMILES string of the molecule is CNCC1CCN(Cc2cn3ccccc3n2)CC1. The minimum absolute atomic E-state index is 0.849. The van der Waals surface area contributed by atoms with Crippen LogP contribution in [0, 0.1) is 5.92 Å². The van der Waals surface area contributed by atoms with Gasteiger partial charge in [-0.2, -0.15) is 0 Å². The van der Waals surface area contributed by atoms with Crippen LogP contribution in [0.1, 0.15) is 18.5 Å². The van der Waals surface area contributed by atoms with Gasteiger partial charge in [-0.05, 0) is 57.6 Å². The second-order valence-electron chi connectivity index (χ2n) is 5.48. The van der Waals surface area contributed by atoms with Crippen molar-refractivity contribution in [1.29, 1.82) is 0 Å². The largest absolute Gasteiger partial charge is 0.319 e. The van der Waals surface area contributed by atoms with Crippen LogP contribution in [0.2, 0.25) is 0 Å². The third-order valence-electron chi connectivity index (χ3n) is 4.00. The number of nitrogens with zero attached hydrogens (tertiary/aromatic N) is 3. The molecule has 1 aliphatic rings. The van der Waals surface area contributed by atoms with E-state index in [0.717, 1.165) is 24.7 Å². The number of likely N-dealkylation sites (tertiary alicyclic amines) is 1. The Balaban J connectivity index is 1.60. The lowest BCUT2D eigenvalue weighted by Gasteiger charge is -2.31. The molecule has 0 aliphatic carbocycles. The average molecular weight is 258 g/mol. The maximum Gasteiger partial charge on any atom is 0.137 e. The minimum Gasteiger partial charge on any atom is -0.319 e. The summed E-state index contributed by atoms with van der Waals surface area (Å²) in [6, 6.07) is 6.14. The molecule has 0 amide bonds.